The second-order valence-corrected chi connectivity index (χ2v) is 6.31. The number of nitrogens with two attached hydrogens (primary N) is 1. The van der Waals surface area contributed by atoms with Crippen molar-refractivity contribution in [2.24, 2.45) is 5.73 Å². The summed E-state index contributed by atoms with van der Waals surface area (Å²) in [5.74, 6) is 1.13. The number of nitrogens with zero attached hydrogens (tertiary/aromatic N) is 2. The van der Waals surface area contributed by atoms with Gasteiger partial charge in [-0.05, 0) is 43.3 Å². The standard InChI is InChI=1S/C20H17ClN4O3.CH5N/c1-13-9-22-11-18(21)19(13)25-20(27)24-10-14-2-4-16(5-3-14)28-17-6-7-23-15(8-17)12-26;1-2/h2-9,11-12H,10H2,1H3,(H2,22,24,25,27);2H2,1H3. The average Bonchev–Trinajstić information content (AvgIpc) is 2.77. The number of nitrogens with one attached hydrogen (secondary N) is 2. The monoisotopic (exact) mass is 427 g/mol. The first-order chi connectivity index (χ1) is 14.5. The van der Waals surface area contributed by atoms with E-state index in [1.54, 1.807) is 30.5 Å². The molecule has 30 heavy (non-hydrogen) atoms. The maximum Gasteiger partial charge on any atom is 0.319 e. The average molecular weight is 428 g/mol. The smallest absolute Gasteiger partial charge is 0.319 e. The first kappa shape index (κ1) is 22.8. The molecule has 0 radical (unpaired) electrons. The lowest BCUT2D eigenvalue weighted by atomic mass is 10.2. The van der Waals surface area contributed by atoms with Crippen LogP contribution in [0.15, 0.2) is 55.0 Å². The van der Waals surface area contributed by atoms with Crippen LogP contribution in [-0.2, 0) is 6.54 Å². The Bertz CT molecular complexity index is 976. The summed E-state index contributed by atoms with van der Waals surface area (Å²) in [6.07, 6.45) is 5.27. The van der Waals surface area contributed by atoms with E-state index >= 15 is 0 Å². The molecule has 0 aliphatic rings. The van der Waals surface area contributed by atoms with Crippen LogP contribution in [0.3, 0.4) is 0 Å². The van der Waals surface area contributed by atoms with E-state index in [4.69, 9.17) is 16.3 Å². The largest absolute Gasteiger partial charge is 0.457 e. The highest BCUT2D eigenvalue weighted by Crippen LogP contribution is 2.24. The SMILES string of the molecule is CN.Cc1cncc(Cl)c1NC(=O)NCc1ccc(Oc2ccnc(C=O)c2)cc1. The number of pyridine rings is 2. The number of aldehydes is 1. The molecule has 0 unspecified atom stereocenters. The van der Waals surface area contributed by atoms with E-state index in [1.165, 1.54) is 19.4 Å². The van der Waals surface area contributed by atoms with Gasteiger partial charge in [-0.15, -0.1) is 0 Å². The lowest BCUT2D eigenvalue weighted by Crippen LogP contribution is -2.28. The number of hydrogen-bond acceptors (Lipinski definition) is 6. The number of urea groups is 1. The Morgan fingerprint density at radius 1 is 1.17 bits per heavy atom. The molecule has 9 heteroatoms. The molecule has 156 valence electrons. The summed E-state index contributed by atoms with van der Waals surface area (Å²) in [6, 6.07) is 10.1. The van der Waals surface area contributed by atoms with Crippen molar-refractivity contribution in [2.75, 3.05) is 12.4 Å². The van der Waals surface area contributed by atoms with Crippen LogP contribution in [0.5, 0.6) is 11.5 Å². The normalized spacial score (nSPS) is 9.73. The first-order valence-corrected chi connectivity index (χ1v) is 9.33. The van der Waals surface area contributed by atoms with Gasteiger partial charge in [-0.2, -0.15) is 0 Å². The molecular weight excluding hydrogens is 406 g/mol. The number of carbonyl (C=O) groups excluding carboxylic acids is 2. The van der Waals surface area contributed by atoms with E-state index in [0.29, 0.717) is 40.7 Å². The molecule has 0 spiro atoms. The zero-order valence-corrected chi connectivity index (χ0v) is 17.3. The lowest BCUT2D eigenvalue weighted by Gasteiger charge is -2.11. The van der Waals surface area contributed by atoms with E-state index in [-0.39, 0.29) is 6.03 Å². The molecule has 0 aliphatic heterocycles. The third-order valence-corrected chi connectivity index (χ3v) is 4.10. The van der Waals surface area contributed by atoms with Gasteiger partial charge in [-0.25, -0.2) is 4.79 Å². The second kappa shape index (κ2) is 11.5. The van der Waals surface area contributed by atoms with Gasteiger partial charge in [0.15, 0.2) is 6.29 Å². The number of anilines is 1. The van der Waals surface area contributed by atoms with Crippen molar-refractivity contribution in [3.63, 3.8) is 0 Å². The molecule has 0 saturated heterocycles. The number of aromatic nitrogens is 2. The molecular formula is C21H22ClN5O3. The Labute approximate surface area is 179 Å². The van der Waals surface area contributed by atoms with Gasteiger partial charge in [0.1, 0.15) is 17.2 Å². The molecule has 3 aromatic rings. The highest BCUT2D eigenvalue weighted by Gasteiger charge is 2.08. The zero-order chi connectivity index (χ0) is 21.9. The summed E-state index contributed by atoms with van der Waals surface area (Å²) < 4.78 is 5.69. The summed E-state index contributed by atoms with van der Waals surface area (Å²) in [7, 11) is 1.50. The van der Waals surface area contributed by atoms with Gasteiger partial charge >= 0.3 is 6.03 Å². The Morgan fingerprint density at radius 2 is 1.90 bits per heavy atom. The van der Waals surface area contributed by atoms with E-state index in [1.807, 2.05) is 19.1 Å². The second-order valence-electron chi connectivity index (χ2n) is 5.90. The number of aryl methyl sites for hydroxylation is 1. The summed E-state index contributed by atoms with van der Waals surface area (Å²) in [5, 5.41) is 5.87. The molecule has 0 bridgehead atoms. The molecule has 4 N–H and O–H groups in total. The van der Waals surface area contributed by atoms with Gasteiger partial charge in [0.25, 0.3) is 0 Å². The van der Waals surface area contributed by atoms with E-state index in [9.17, 15) is 9.59 Å². The summed E-state index contributed by atoms with van der Waals surface area (Å²) >= 11 is 6.05. The lowest BCUT2D eigenvalue weighted by molar-refractivity contribution is 0.111. The predicted octanol–water partition coefficient (Wildman–Crippen LogP) is 3.94. The molecule has 3 rings (SSSR count). The van der Waals surface area contributed by atoms with Gasteiger partial charge < -0.3 is 21.1 Å². The van der Waals surface area contributed by atoms with E-state index < -0.39 is 0 Å². The fourth-order valence-electron chi connectivity index (χ4n) is 2.40. The highest BCUT2D eigenvalue weighted by atomic mass is 35.5. The van der Waals surface area contributed by atoms with Crippen LogP contribution < -0.4 is 21.1 Å². The number of halogens is 1. The van der Waals surface area contributed by atoms with Gasteiger partial charge in [0.05, 0.1) is 10.7 Å². The van der Waals surface area contributed by atoms with Crippen LogP contribution in [-0.4, -0.2) is 29.3 Å². The van der Waals surface area contributed by atoms with Gasteiger partial charge in [0.2, 0.25) is 0 Å². The number of carbonyl (C=O) groups is 2. The summed E-state index contributed by atoms with van der Waals surface area (Å²) in [6.45, 7) is 2.15. The number of ether oxygens (including phenoxy) is 1. The topological polar surface area (TPSA) is 119 Å². The van der Waals surface area contributed by atoms with Crippen molar-refractivity contribution in [2.45, 2.75) is 13.5 Å². The van der Waals surface area contributed by atoms with Gasteiger partial charge in [-0.1, -0.05) is 23.7 Å². The van der Waals surface area contributed by atoms with Gasteiger partial charge in [0, 0.05) is 31.2 Å². The summed E-state index contributed by atoms with van der Waals surface area (Å²) in [5.41, 5.74) is 7.00. The quantitative estimate of drug-likeness (QED) is 0.512. The fourth-order valence-corrected chi connectivity index (χ4v) is 2.65. The predicted molar refractivity (Wildman–Crippen MR) is 116 cm³/mol. The van der Waals surface area contributed by atoms with Crippen LogP contribution in [0.1, 0.15) is 21.6 Å². The van der Waals surface area contributed by atoms with Gasteiger partial charge in [-0.3, -0.25) is 14.8 Å². The molecule has 1 aromatic carbocycles. The maximum absolute atomic E-state index is 12.1. The highest BCUT2D eigenvalue weighted by molar-refractivity contribution is 6.33. The molecule has 0 atom stereocenters. The van der Waals surface area contributed by atoms with Crippen molar-refractivity contribution >= 4 is 29.6 Å². The molecule has 0 fully saturated rings. The van der Waals surface area contributed by atoms with Crippen molar-refractivity contribution < 1.29 is 14.3 Å². The Morgan fingerprint density at radius 3 is 2.57 bits per heavy atom. The molecule has 2 aromatic heterocycles. The zero-order valence-electron chi connectivity index (χ0n) is 16.6. The number of amides is 2. The third-order valence-electron chi connectivity index (χ3n) is 3.81. The van der Waals surface area contributed by atoms with Crippen LogP contribution in [0, 0.1) is 6.92 Å². The third kappa shape index (κ3) is 6.54. The summed E-state index contributed by atoms with van der Waals surface area (Å²) in [4.78, 5) is 30.7. The van der Waals surface area contributed by atoms with Crippen molar-refractivity contribution in [1.82, 2.24) is 15.3 Å². The Balaban J connectivity index is 0.00000155. The van der Waals surface area contributed by atoms with Crippen molar-refractivity contribution in [3.05, 3.63) is 76.8 Å². The van der Waals surface area contributed by atoms with E-state index in [0.717, 1.165) is 11.1 Å². The van der Waals surface area contributed by atoms with Crippen LogP contribution in [0.25, 0.3) is 0 Å². The number of hydrogen-bond donors (Lipinski definition) is 3. The Kier molecular flexibility index (Phi) is 8.74. The fraction of sp³-hybridized carbons (Fsp3) is 0.143. The molecule has 0 aliphatic carbocycles. The maximum atomic E-state index is 12.1. The first-order valence-electron chi connectivity index (χ1n) is 8.96. The van der Waals surface area contributed by atoms with Crippen LogP contribution in [0.4, 0.5) is 10.5 Å². The van der Waals surface area contributed by atoms with Crippen molar-refractivity contribution in [3.8, 4) is 11.5 Å². The molecule has 8 nitrogen and oxygen atoms in total. The van der Waals surface area contributed by atoms with E-state index in [2.05, 4.69) is 26.3 Å². The minimum absolute atomic E-state index is 0.300. The van der Waals surface area contributed by atoms with Crippen LogP contribution in [0.2, 0.25) is 5.02 Å². The van der Waals surface area contributed by atoms with Crippen molar-refractivity contribution in [1.29, 1.82) is 0 Å². The number of rotatable bonds is 6. The molecule has 2 amide bonds. The van der Waals surface area contributed by atoms with Crippen LogP contribution >= 0.6 is 11.6 Å². The molecule has 0 saturated carbocycles. The minimum atomic E-state index is -0.366. The molecule has 2 heterocycles. The Hall–Kier alpha value is -3.49. The number of benzene rings is 1. The minimum Gasteiger partial charge on any atom is -0.457 e.